The molecule has 3 aromatic rings. The highest BCUT2D eigenvalue weighted by Gasteiger charge is 2.25. The highest BCUT2D eigenvalue weighted by Crippen LogP contribution is 2.32. The number of fused-ring (bicyclic) bond motifs is 3. The van der Waals surface area contributed by atoms with E-state index in [0.29, 0.717) is 12.2 Å². The Balaban J connectivity index is 1.97. The third-order valence-electron chi connectivity index (χ3n) is 5.86. The third kappa shape index (κ3) is 3.58. The van der Waals surface area contributed by atoms with Crippen LogP contribution in [-0.2, 0) is 19.5 Å². The summed E-state index contributed by atoms with van der Waals surface area (Å²) in [6.45, 7) is 9.29. The Morgan fingerprint density at radius 1 is 1.10 bits per heavy atom. The Morgan fingerprint density at radius 2 is 1.83 bits per heavy atom. The van der Waals surface area contributed by atoms with Crippen LogP contribution in [0.5, 0.6) is 0 Å². The Bertz CT molecular complexity index is 1130. The van der Waals surface area contributed by atoms with E-state index >= 15 is 0 Å². The first kappa shape index (κ1) is 20.1. The number of para-hydroxylation sites is 1. The van der Waals surface area contributed by atoms with Crippen molar-refractivity contribution in [2.45, 2.75) is 33.4 Å². The lowest BCUT2D eigenvalue weighted by Crippen LogP contribution is -2.40. The molecule has 4 rings (SSSR count). The average Bonchev–Trinajstić information content (AvgIpc) is 3.10. The minimum atomic E-state index is -0.243. The predicted octanol–water partition coefficient (Wildman–Crippen LogP) is 2.54. The summed E-state index contributed by atoms with van der Waals surface area (Å²) < 4.78 is 3.18. The molecule has 7 heteroatoms. The van der Waals surface area contributed by atoms with Gasteiger partial charge in [0.1, 0.15) is 4.83 Å². The summed E-state index contributed by atoms with van der Waals surface area (Å²) in [5.74, 6) is 0. The molecule has 1 aliphatic heterocycles. The summed E-state index contributed by atoms with van der Waals surface area (Å²) in [5, 5.41) is 0.737. The average molecular weight is 413 g/mol. The van der Waals surface area contributed by atoms with Crippen molar-refractivity contribution >= 4 is 21.6 Å². The lowest BCUT2D eigenvalue weighted by Gasteiger charge is -2.21. The van der Waals surface area contributed by atoms with E-state index in [1.807, 2.05) is 34.9 Å². The van der Waals surface area contributed by atoms with Crippen molar-refractivity contribution in [2.24, 2.45) is 0 Å². The summed E-state index contributed by atoms with van der Waals surface area (Å²) in [6.07, 6.45) is 0.851. The van der Waals surface area contributed by atoms with Crippen LogP contribution >= 0.6 is 11.3 Å². The summed E-state index contributed by atoms with van der Waals surface area (Å²) in [6, 6.07) is 9.29. The Hall–Kier alpha value is -2.22. The number of nitrogens with zero attached hydrogens (tertiary/aromatic N) is 4. The highest BCUT2D eigenvalue weighted by molar-refractivity contribution is 7.18. The minimum absolute atomic E-state index is 0.183. The zero-order valence-electron chi connectivity index (χ0n) is 17.4. The van der Waals surface area contributed by atoms with E-state index < -0.39 is 0 Å². The van der Waals surface area contributed by atoms with E-state index in [1.165, 1.54) is 9.44 Å². The van der Waals surface area contributed by atoms with Crippen molar-refractivity contribution in [1.29, 1.82) is 0 Å². The van der Waals surface area contributed by atoms with Crippen molar-refractivity contribution < 1.29 is 0 Å². The van der Waals surface area contributed by atoms with Gasteiger partial charge in [0, 0.05) is 31.1 Å². The molecular formula is C22H28N4O2S. The molecule has 0 radical (unpaired) electrons. The molecule has 3 heterocycles. The van der Waals surface area contributed by atoms with Crippen molar-refractivity contribution in [1.82, 2.24) is 18.9 Å². The summed E-state index contributed by atoms with van der Waals surface area (Å²) in [7, 11) is 2.10. The van der Waals surface area contributed by atoms with Gasteiger partial charge in [0.05, 0.1) is 11.1 Å². The first-order chi connectivity index (χ1) is 14.0. The van der Waals surface area contributed by atoms with E-state index in [9.17, 15) is 9.59 Å². The molecule has 0 atom stereocenters. The second-order valence-corrected chi connectivity index (χ2v) is 8.69. The molecule has 2 aromatic heterocycles. The molecule has 6 nitrogen and oxygen atoms in total. The van der Waals surface area contributed by atoms with Crippen LogP contribution in [0.3, 0.4) is 0 Å². The second kappa shape index (κ2) is 8.26. The lowest BCUT2D eigenvalue weighted by atomic mass is 10.1. The van der Waals surface area contributed by atoms with E-state index in [-0.39, 0.29) is 11.2 Å². The van der Waals surface area contributed by atoms with Gasteiger partial charge in [0.25, 0.3) is 5.56 Å². The van der Waals surface area contributed by atoms with Gasteiger partial charge in [0.2, 0.25) is 0 Å². The molecule has 0 spiro atoms. The van der Waals surface area contributed by atoms with Gasteiger partial charge in [-0.25, -0.2) is 9.36 Å². The van der Waals surface area contributed by atoms with E-state index in [4.69, 9.17) is 0 Å². The largest absolute Gasteiger partial charge is 0.336 e. The smallest absolute Gasteiger partial charge is 0.302 e. The first-order valence-corrected chi connectivity index (χ1v) is 11.1. The number of hydrogen-bond donors (Lipinski definition) is 0. The Morgan fingerprint density at radius 3 is 2.52 bits per heavy atom. The summed E-state index contributed by atoms with van der Waals surface area (Å²) in [4.78, 5) is 33.6. The number of aromatic nitrogens is 2. The standard InChI is InChI=1S/C22H28N4O2S/c1-4-24(5-2)13-14-25-21-19(17-11-12-23(3)15-18(17)29-21)20(27)26(22(25)28)16-9-7-6-8-10-16/h6-10H,4-5,11-15H2,1-3H3. The molecule has 0 unspecified atom stereocenters. The predicted molar refractivity (Wildman–Crippen MR) is 120 cm³/mol. The van der Waals surface area contributed by atoms with Crippen LogP contribution in [0, 0.1) is 0 Å². The highest BCUT2D eigenvalue weighted by atomic mass is 32.1. The fourth-order valence-corrected chi connectivity index (χ4v) is 5.55. The monoisotopic (exact) mass is 412 g/mol. The maximum atomic E-state index is 13.5. The van der Waals surface area contributed by atoms with Crippen LogP contribution in [0.15, 0.2) is 39.9 Å². The SMILES string of the molecule is CCN(CC)CCn1c(=O)n(-c2ccccc2)c(=O)c2c3c(sc21)CN(C)CC3. The van der Waals surface area contributed by atoms with E-state index in [1.54, 1.807) is 11.3 Å². The van der Waals surface area contributed by atoms with Crippen molar-refractivity contribution in [3.8, 4) is 5.69 Å². The van der Waals surface area contributed by atoms with Crippen molar-refractivity contribution in [3.63, 3.8) is 0 Å². The number of rotatable bonds is 6. The Kier molecular flexibility index (Phi) is 5.72. The number of hydrogen-bond acceptors (Lipinski definition) is 5. The molecule has 0 fully saturated rings. The molecule has 1 aromatic carbocycles. The molecule has 0 amide bonds. The number of likely N-dealkylation sites (N-methyl/N-ethyl adjacent to an activating group) is 2. The molecule has 0 aliphatic carbocycles. The van der Waals surface area contributed by atoms with Crippen LogP contribution in [0.25, 0.3) is 15.9 Å². The topological polar surface area (TPSA) is 50.5 Å². The van der Waals surface area contributed by atoms with Gasteiger partial charge < -0.3 is 9.80 Å². The van der Waals surface area contributed by atoms with Gasteiger partial charge in [-0.2, -0.15) is 0 Å². The zero-order valence-corrected chi connectivity index (χ0v) is 18.2. The zero-order chi connectivity index (χ0) is 20.5. The summed E-state index contributed by atoms with van der Waals surface area (Å²) >= 11 is 1.62. The fraction of sp³-hybridized carbons (Fsp3) is 0.455. The van der Waals surface area contributed by atoms with Crippen LogP contribution in [0.1, 0.15) is 24.3 Å². The quantitative estimate of drug-likeness (QED) is 0.624. The Labute approximate surface area is 174 Å². The molecule has 154 valence electrons. The van der Waals surface area contributed by atoms with Gasteiger partial charge in [-0.1, -0.05) is 32.0 Å². The molecule has 0 saturated carbocycles. The van der Waals surface area contributed by atoms with Gasteiger partial charge in [-0.05, 0) is 44.3 Å². The van der Waals surface area contributed by atoms with Crippen LogP contribution in [0.4, 0.5) is 0 Å². The number of benzene rings is 1. The molecular weight excluding hydrogens is 384 g/mol. The minimum Gasteiger partial charge on any atom is -0.302 e. The van der Waals surface area contributed by atoms with E-state index in [2.05, 4.69) is 30.7 Å². The molecule has 1 aliphatic rings. The maximum Gasteiger partial charge on any atom is 0.336 e. The second-order valence-electron chi connectivity index (χ2n) is 7.61. The molecule has 0 bridgehead atoms. The molecule has 29 heavy (non-hydrogen) atoms. The lowest BCUT2D eigenvalue weighted by molar-refractivity contribution is 0.290. The van der Waals surface area contributed by atoms with E-state index in [0.717, 1.165) is 54.9 Å². The number of thiophene rings is 1. The molecule has 0 N–H and O–H groups in total. The van der Waals surface area contributed by atoms with Crippen LogP contribution in [-0.4, -0.2) is 52.2 Å². The normalized spacial score (nSPS) is 14.6. The van der Waals surface area contributed by atoms with Crippen LogP contribution in [0.2, 0.25) is 0 Å². The van der Waals surface area contributed by atoms with Gasteiger partial charge in [0.15, 0.2) is 0 Å². The molecule has 0 saturated heterocycles. The maximum absolute atomic E-state index is 13.5. The fourth-order valence-electron chi connectivity index (χ4n) is 4.12. The van der Waals surface area contributed by atoms with Gasteiger partial charge in [-0.3, -0.25) is 9.36 Å². The summed E-state index contributed by atoms with van der Waals surface area (Å²) in [5.41, 5.74) is 1.34. The van der Waals surface area contributed by atoms with Gasteiger partial charge in [-0.15, -0.1) is 11.3 Å². The van der Waals surface area contributed by atoms with Crippen LogP contribution < -0.4 is 11.2 Å². The third-order valence-corrected chi connectivity index (χ3v) is 7.10. The van der Waals surface area contributed by atoms with Crippen molar-refractivity contribution in [2.75, 3.05) is 33.2 Å². The van der Waals surface area contributed by atoms with Gasteiger partial charge >= 0.3 is 5.69 Å². The van der Waals surface area contributed by atoms with Crippen molar-refractivity contribution in [3.05, 3.63) is 61.6 Å². The first-order valence-electron chi connectivity index (χ1n) is 10.3.